The maximum absolute atomic E-state index is 9.03. The molecule has 0 saturated heterocycles. The molecule has 1 aromatic carbocycles. The zero-order valence-corrected chi connectivity index (χ0v) is 8.90. The van der Waals surface area contributed by atoms with Crippen LogP contribution in [0.4, 0.5) is 5.69 Å². The van der Waals surface area contributed by atoms with Crippen molar-refractivity contribution in [2.24, 2.45) is 0 Å². The number of anilines is 1. The number of nitrogens with zero attached hydrogens (tertiary/aromatic N) is 2. The van der Waals surface area contributed by atoms with Gasteiger partial charge in [-0.3, -0.25) is 0 Å². The van der Waals surface area contributed by atoms with Crippen molar-refractivity contribution in [3.8, 4) is 6.07 Å². The van der Waals surface area contributed by atoms with Gasteiger partial charge in [0.1, 0.15) is 11.8 Å². The number of hydrogen-bond acceptors (Lipinski definition) is 4. The van der Waals surface area contributed by atoms with E-state index in [2.05, 4.69) is 16.4 Å². The van der Waals surface area contributed by atoms with Gasteiger partial charge >= 0.3 is 0 Å². The molecule has 2 aromatic rings. The molecular weight excluding hydrogens is 202 g/mol. The minimum absolute atomic E-state index is 0.526. The minimum Gasteiger partial charge on any atom is -0.447 e. The molecule has 0 bridgehead atoms. The second-order valence-electron chi connectivity index (χ2n) is 3.43. The molecule has 4 heteroatoms. The van der Waals surface area contributed by atoms with E-state index in [1.165, 1.54) is 6.39 Å². The highest BCUT2D eigenvalue weighted by molar-refractivity contribution is 5.60. The number of aryl methyl sites for hydroxylation is 1. The van der Waals surface area contributed by atoms with E-state index in [0.29, 0.717) is 12.1 Å². The van der Waals surface area contributed by atoms with E-state index >= 15 is 0 Å². The van der Waals surface area contributed by atoms with Crippen LogP contribution in [0.5, 0.6) is 0 Å². The van der Waals surface area contributed by atoms with Crippen LogP contribution in [0.15, 0.2) is 35.2 Å². The van der Waals surface area contributed by atoms with Gasteiger partial charge in [-0.15, -0.1) is 0 Å². The quantitative estimate of drug-likeness (QED) is 0.850. The summed E-state index contributed by atoms with van der Waals surface area (Å²) in [4.78, 5) is 3.82. The third-order valence-corrected chi connectivity index (χ3v) is 2.32. The van der Waals surface area contributed by atoms with Crippen molar-refractivity contribution in [3.63, 3.8) is 0 Å². The van der Waals surface area contributed by atoms with Crippen LogP contribution in [-0.2, 0) is 6.54 Å². The Kier molecular flexibility index (Phi) is 2.88. The van der Waals surface area contributed by atoms with Gasteiger partial charge in [-0.05, 0) is 18.6 Å². The average Bonchev–Trinajstić information content (AvgIpc) is 2.79. The monoisotopic (exact) mass is 213 g/mol. The third-order valence-electron chi connectivity index (χ3n) is 2.32. The first kappa shape index (κ1) is 10.2. The van der Waals surface area contributed by atoms with Crippen LogP contribution in [0.25, 0.3) is 0 Å². The molecule has 1 heterocycles. The number of rotatable bonds is 3. The largest absolute Gasteiger partial charge is 0.447 e. The first-order chi connectivity index (χ1) is 7.81. The van der Waals surface area contributed by atoms with Gasteiger partial charge in [-0.2, -0.15) is 5.26 Å². The van der Waals surface area contributed by atoms with Gasteiger partial charge in [0.2, 0.25) is 0 Å². The van der Waals surface area contributed by atoms with Crippen molar-refractivity contribution in [3.05, 3.63) is 47.7 Å². The molecule has 0 aliphatic rings. The third kappa shape index (κ3) is 2.04. The summed E-state index contributed by atoms with van der Waals surface area (Å²) >= 11 is 0. The Morgan fingerprint density at radius 1 is 1.50 bits per heavy atom. The molecule has 0 amide bonds. The van der Waals surface area contributed by atoms with Crippen LogP contribution >= 0.6 is 0 Å². The maximum atomic E-state index is 9.03. The Labute approximate surface area is 93.5 Å². The van der Waals surface area contributed by atoms with Crippen LogP contribution in [-0.4, -0.2) is 4.98 Å². The molecule has 0 unspecified atom stereocenters. The molecule has 0 aliphatic heterocycles. The zero-order chi connectivity index (χ0) is 11.4. The summed E-state index contributed by atoms with van der Waals surface area (Å²) in [6.45, 7) is 2.44. The first-order valence-electron chi connectivity index (χ1n) is 4.92. The van der Waals surface area contributed by atoms with Gasteiger partial charge in [0, 0.05) is 0 Å². The Hall–Kier alpha value is -2.28. The van der Waals surface area contributed by atoms with Crippen molar-refractivity contribution < 1.29 is 4.42 Å². The maximum Gasteiger partial charge on any atom is 0.180 e. The molecule has 0 radical (unpaired) electrons. The van der Waals surface area contributed by atoms with E-state index < -0.39 is 0 Å². The fraction of sp³-hybridized carbons (Fsp3) is 0.167. The molecule has 0 saturated carbocycles. The lowest BCUT2D eigenvalue weighted by molar-refractivity contribution is 0.511. The van der Waals surface area contributed by atoms with Gasteiger partial charge in [0.05, 0.1) is 24.0 Å². The summed E-state index contributed by atoms with van der Waals surface area (Å²) in [5.74, 6) is 0.741. The van der Waals surface area contributed by atoms with Gasteiger partial charge in [-0.1, -0.05) is 12.1 Å². The number of oxazole rings is 1. The molecule has 0 spiro atoms. The van der Waals surface area contributed by atoms with Gasteiger partial charge in [-0.25, -0.2) is 4.98 Å². The van der Waals surface area contributed by atoms with Crippen molar-refractivity contribution in [2.75, 3.05) is 5.32 Å². The Balaban J connectivity index is 2.16. The predicted molar refractivity (Wildman–Crippen MR) is 59.7 cm³/mol. The Morgan fingerprint density at radius 2 is 2.38 bits per heavy atom. The molecular formula is C12H11N3O. The second-order valence-corrected chi connectivity index (χ2v) is 3.43. The van der Waals surface area contributed by atoms with Gasteiger partial charge < -0.3 is 9.73 Å². The molecule has 1 N–H and O–H groups in total. The lowest BCUT2D eigenvalue weighted by Gasteiger charge is -2.07. The number of benzene rings is 1. The molecule has 0 atom stereocenters. The van der Waals surface area contributed by atoms with E-state index in [1.807, 2.05) is 25.1 Å². The molecule has 1 aromatic heterocycles. The van der Waals surface area contributed by atoms with Crippen LogP contribution in [0.3, 0.4) is 0 Å². The fourth-order valence-electron chi connectivity index (χ4n) is 1.48. The van der Waals surface area contributed by atoms with Gasteiger partial charge in [0.25, 0.3) is 0 Å². The summed E-state index contributed by atoms with van der Waals surface area (Å²) in [6, 6.07) is 7.89. The summed E-state index contributed by atoms with van der Waals surface area (Å²) in [6.07, 6.45) is 3.04. The van der Waals surface area contributed by atoms with E-state index in [-0.39, 0.29) is 0 Å². The molecule has 16 heavy (non-hydrogen) atoms. The Morgan fingerprint density at radius 3 is 3.06 bits per heavy atom. The van der Waals surface area contributed by atoms with Crippen LogP contribution in [0.1, 0.15) is 16.9 Å². The topological polar surface area (TPSA) is 61.9 Å². The lowest BCUT2D eigenvalue weighted by atomic mass is 10.1. The SMILES string of the molecule is Cc1cccc(NCc2cnco2)c1C#N. The van der Waals surface area contributed by atoms with Crippen molar-refractivity contribution in [1.82, 2.24) is 4.98 Å². The minimum atomic E-state index is 0.526. The smallest absolute Gasteiger partial charge is 0.180 e. The predicted octanol–water partition coefficient (Wildman–Crippen LogP) is 2.47. The lowest BCUT2D eigenvalue weighted by Crippen LogP contribution is -2.01. The summed E-state index contributed by atoms with van der Waals surface area (Å²) in [5, 5.41) is 12.2. The van der Waals surface area contributed by atoms with Crippen LogP contribution < -0.4 is 5.32 Å². The number of aromatic nitrogens is 1. The molecule has 4 nitrogen and oxygen atoms in total. The van der Waals surface area contributed by atoms with Crippen molar-refractivity contribution >= 4 is 5.69 Å². The van der Waals surface area contributed by atoms with Crippen LogP contribution in [0.2, 0.25) is 0 Å². The standard InChI is InChI=1S/C12H11N3O/c1-9-3-2-4-12(11(9)5-13)15-7-10-6-14-8-16-10/h2-4,6,8,15H,7H2,1H3. The summed E-state index contributed by atoms with van der Waals surface area (Å²) in [5.41, 5.74) is 2.45. The van der Waals surface area contributed by atoms with Crippen molar-refractivity contribution in [1.29, 1.82) is 5.26 Å². The number of hydrogen-bond donors (Lipinski definition) is 1. The van der Waals surface area contributed by atoms with Crippen molar-refractivity contribution in [2.45, 2.75) is 13.5 Å². The highest BCUT2D eigenvalue weighted by atomic mass is 16.3. The summed E-state index contributed by atoms with van der Waals surface area (Å²) < 4.78 is 5.10. The van der Waals surface area contributed by atoms with E-state index in [4.69, 9.17) is 9.68 Å². The van der Waals surface area contributed by atoms with E-state index in [1.54, 1.807) is 6.20 Å². The first-order valence-corrected chi connectivity index (χ1v) is 4.92. The average molecular weight is 213 g/mol. The zero-order valence-electron chi connectivity index (χ0n) is 8.90. The highest BCUT2D eigenvalue weighted by Gasteiger charge is 2.04. The second kappa shape index (κ2) is 4.49. The Bertz CT molecular complexity index is 512. The van der Waals surface area contributed by atoms with Crippen LogP contribution in [0, 0.1) is 18.3 Å². The van der Waals surface area contributed by atoms with Gasteiger partial charge in [0.15, 0.2) is 6.39 Å². The molecule has 0 aliphatic carbocycles. The molecule has 0 fully saturated rings. The summed E-state index contributed by atoms with van der Waals surface area (Å²) in [7, 11) is 0. The fourth-order valence-corrected chi connectivity index (χ4v) is 1.48. The van der Waals surface area contributed by atoms with E-state index in [0.717, 1.165) is 17.0 Å². The normalized spacial score (nSPS) is 9.75. The molecule has 2 rings (SSSR count). The highest BCUT2D eigenvalue weighted by Crippen LogP contribution is 2.18. The number of nitriles is 1. The molecule has 80 valence electrons. The number of nitrogens with one attached hydrogen (secondary N) is 1. The van der Waals surface area contributed by atoms with E-state index in [9.17, 15) is 0 Å².